The average Bonchev–Trinajstić information content (AvgIpc) is 2.96. The van der Waals surface area contributed by atoms with E-state index in [1.165, 1.54) is 4.90 Å². The minimum Gasteiger partial charge on any atom is -0.344 e. The molecule has 1 aromatic carbocycles. The van der Waals surface area contributed by atoms with Crippen LogP contribution in [0.15, 0.2) is 48.7 Å². The van der Waals surface area contributed by atoms with Crippen LogP contribution in [0.25, 0.3) is 0 Å². The molecule has 150 valence electrons. The second kappa shape index (κ2) is 8.49. The molecule has 0 atom stereocenters. The number of nitrogens with one attached hydrogen (secondary N) is 1. The fraction of sp³-hybridized carbons (Fsp3) is 0.227. The fourth-order valence-electron chi connectivity index (χ4n) is 3.09. The third-order valence-electron chi connectivity index (χ3n) is 4.69. The summed E-state index contributed by atoms with van der Waals surface area (Å²) >= 11 is 5.92. The molecule has 3 rings (SSSR count). The summed E-state index contributed by atoms with van der Waals surface area (Å²) in [4.78, 5) is 30.6. The van der Waals surface area contributed by atoms with Crippen LogP contribution in [0.5, 0.6) is 0 Å². The molecular weight excluding hydrogens is 388 g/mol. The predicted molar refractivity (Wildman–Crippen MR) is 115 cm³/mol. The molecule has 1 N–H and O–H groups in total. The Kier molecular flexibility index (Phi) is 6.03. The number of urea groups is 1. The van der Waals surface area contributed by atoms with E-state index in [0.29, 0.717) is 28.4 Å². The van der Waals surface area contributed by atoms with Crippen molar-refractivity contribution in [3.05, 3.63) is 81.9 Å². The van der Waals surface area contributed by atoms with Gasteiger partial charge < -0.3 is 14.8 Å². The van der Waals surface area contributed by atoms with Crippen molar-refractivity contribution in [3.63, 3.8) is 0 Å². The van der Waals surface area contributed by atoms with Gasteiger partial charge in [0.2, 0.25) is 5.78 Å². The maximum absolute atomic E-state index is 12.9. The Morgan fingerprint density at radius 3 is 2.41 bits per heavy atom. The monoisotopic (exact) mass is 410 g/mol. The Morgan fingerprint density at radius 1 is 1.14 bits per heavy atom. The van der Waals surface area contributed by atoms with Crippen LogP contribution in [0.4, 0.5) is 10.5 Å². The Morgan fingerprint density at radius 2 is 1.83 bits per heavy atom. The van der Waals surface area contributed by atoms with E-state index in [1.807, 2.05) is 36.7 Å². The fourth-order valence-corrected chi connectivity index (χ4v) is 3.21. The van der Waals surface area contributed by atoms with Crippen LogP contribution >= 0.6 is 11.6 Å². The van der Waals surface area contributed by atoms with Crippen LogP contribution < -0.4 is 5.32 Å². The van der Waals surface area contributed by atoms with Crippen molar-refractivity contribution in [2.45, 2.75) is 13.3 Å². The zero-order chi connectivity index (χ0) is 21.1. The first-order valence-electron chi connectivity index (χ1n) is 9.15. The molecule has 0 aliphatic heterocycles. The lowest BCUT2D eigenvalue weighted by molar-refractivity contribution is 0.103. The average molecular weight is 411 g/mol. The van der Waals surface area contributed by atoms with Gasteiger partial charge in [-0.2, -0.15) is 0 Å². The van der Waals surface area contributed by atoms with Gasteiger partial charge in [0, 0.05) is 49.5 Å². The summed E-state index contributed by atoms with van der Waals surface area (Å²) in [6, 6.07) is 12.4. The van der Waals surface area contributed by atoms with E-state index < -0.39 is 0 Å². The summed E-state index contributed by atoms with van der Waals surface area (Å²) in [6.07, 6.45) is 2.21. The van der Waals surface area contributed by atoms with Gasteiger partial charge >= 0.3 is 6.03 Å². The Bertz CT molecular complexity index is 1040. The van der Waals surface area contributed by atoms with Gasteiger partial charge in [-0.3, -0.25) is 9.78 Å². The van der Waals surface area contributed by atoms with Crippen molar-refractivity contribution in [3.8, 4) is 0 Å². The molecule has 0 aliphatic carbocycles. The predicted octanol–water partition coefficient (Wildman–Crippen LogP) is 4.30. The van der Waals surface area contributed by atoms with Crippen LogP contribution in [0.3, 0.4) is 0 Å². The lowest BCUT2D eigenvalue weighted by Gasteiger charge is -2.12. The quantitative estimate of drug-likeness (QED) is 0.638. The van der Waals surface area contributed by atoms with Crippen molar-refractivity contribution in [1.82, 2.24) is 14.5 Å². The number of carbonyl (C=O) groups excluding carboxylic acids is 2. The number of anilines is 1. The highest BCUT2D eigenvalue weighted by molar-refractivity contribution is 6.30. The molecule has 0 aliphatic rings. The van der Waals surface area contributed by atoms with Crippen LogP contribution in [0.1, 0.15) is 33.0 Å². The number of pyridine rings is 1. The van der Waals surface area contributed by atoms with Crippen molar-refractivity contribution in [2.75, 3.05) is 19.4 Å². The molecule has 6 nitrogen and oxygen atoms in total. The van der Waals surface area contributed by atoms with E-state index >= 15 is 0 Å². The van der Waals surface area contributed by atoms with Gasteiger partial charge in [0.25, 0.3) is 0 Å². The number of nitrogens with zero attached hydrogens (tertiary/aromatic N) is 3. The van der Waals surface area contributed by atoms with Crippen molar-refractivity contribution in [1.29, 1.82) is 0 Å². The summed E-state index contributed by atoms with van der Waals surface area (Å²) in [5, 5.41) is 3.36. The first kappa shape index (κ1) is 20.6. The third-order valence-corrected chi connectivity index (χ3v) is 4.94. The third kappa shape index (κ3) is 4.66. The first-order valence-corrected chi connectivity index (χ1v) is 9.52. The largest absolute Gasteiger partial charge is 0.344 e. The number of hydrogen-bond donors (Lipinski definition) is 1. The minimum atomic E-state index is -0.206. The maximum atomic E-state index is 12.9. The van der Waals surface area contributed by atoms with Gasteiger partial charge in [0.05, 0.1) is 17.6 Å². The number of aromatic nitrogens is 2. The van der Waals surface area contributed by atoms with Crippen molar-refractivity contribution >= 4 is 29.1 Å². The summed E-state index contributed by atoms with van der Waals surface area (Å²) < 4.78 is 1.91. The van der Waals surface area contributed by atoms with Crippen LogP contribution in [-0.2, 0) is 13.5 Å². The molecule has 0 spiro atoms. The lowest BCUT2D eigenvalue weighted by atomic mass is 10.1. The molecule has 3 aromatic rings. The zero-order valence-electron chi connectivity index (χ0n) is 16.9. The van der Waals surface area contributed by atoms with E-state index in [4.69, 9.17) is 11.6 Å². The highest BCUT2D eigenvalue weighted by atomic mass is 35.5. The van der Waals surface area contributed by atoms with Gasteiger partial charge in [-0.1, -0.05) is 11.6 Å². The van der Waals surface area contributed by atoms with Crippen molar-refractivity contribution < 1.29 is 9.59 Å². The minimum absolute atomic E-state index is 0.0392. The molecule has 0 fully saturated rings. The summed E-state index contributed by atoms with van der Waals surface area (Å²) in [7, 11) is 5.24. The van der Waals surface area contributed by atoms with Gasteiger partial charge in [-0.05, 0) is 55.0 Å². The molecule has 7 heteroatoms. The number of ketones is 1. The van der Waals surface area contributed by atoms with Gasteiger partial charge in [-0.15, -0.1) is 0 Å². The maximum Gasteiger partial charge on any atom is 0.321 e. The Hall–Kier alpha value is -3.12. The van der Waals surface area contributed by atoms with Crippen LogP contribution in [0.2, 0.25) is 5.02 Å². The number of aryl methyl sites for hydroxylation is 1. The molecule has 0 saturated heterocycles. The summed E-state index contributed by atoms with van der Waals surface area (Å²) in [5.41, 5.74) is 4.63. The molecule has 2 amide bonds. The molecule has 2 heterocycles. The topological polar surface area (TPSA) is 67.2 Å². The molecule has 29 heavy (non-hydrogen) atoms. The first-order chi connectivity index (χ1) is 13.8. The van der Waals surface area contributed by atoms with Gasteiger partial charge in [0.1, 0.15) is 0 Å². The van der Waals surface area contributed by atoms with E-state index in [-0.39, 0.29) is 11.8 Å². The molecule has 2 aromatic heterocycles. The summed E-state index contributed by atoms with van der Waals surface area (Å²) in [6.45, 7) is 1.93. The number of halogens is 1. The van der Waals surface area contributed by atoms with Crippen LogP contribution in [-0.4, -0.2) is 40.4 Å². The van der Waals surface area contributed by atoms with E-state index in [1.54, 1.807) is 44.6 Å². The highest BCUT2D eigenvalue weighted by Crippen LogP contribution is 2.21. The van der Waals surface area contributed by atoms with Crippen LogP contribution in [0, 0.1) is 6.92 Å². The second-order valence-corrected chi connectivity index (χ2v) is 7.54. The number of amides is 2. The molecule has 0 unspecified atom stereocenters. The molecule has 0 radical (unpaired) electrons. The highest BCUT2D eigenvalue weighted by Gasteiger charge is 2.19. The van der Waals surface area contributed by atoms with E-state index in [9.17, 15) is 9.59 Å². The number of hydrogen-bond acceptors (Lipinski definition) is 3. The smallest absolute Gasteiger partial charge is 0.321 e. The standard InChI is InChI=1S/C22H23ClN4O2/c1-14-11-19(12-17-9-10-18(13-24-17)25-22(29)26(2)3)27(4)20(14)21(28)15-5-7-16(23)8-6-15/h5-11,13H,12H2,1-4H3,(H,25,29). The lowest BCUT2D eigenvalue weighted by Crippen LogP contribution is -2.27. The Labute approximate surface area is 175 Å². The second-order valence-electron chi connectivity index (χ2n) is 7.10. The molecular formula is C22H23ClN4O2. The zero-order valence-corrected chi connectivity index (χ0v) is 17.6. The molecule has 0 saturated carbocycles. The normalized spacial score (nSPS) is 10.7. The Balaban J connectivity index is 1.79. The van der Waals surface area contributed by atoms with E-state index in [2.05, 4.69) is 10.3 Å². The van der Waals surface area contributed by atoms with Gasteiger partial charge in [-0.25, -0.2) is 4.79 Å². The number of benzene rings is 1. The molecule has 0 bridgehead atoms. The number of carbonyl (C=O) groups is 2. The van der Waals surface area contributed by atoms with E-state index in [0.717, 1.165) is 17.0 Å². The van der Waals surface area contributed by atoms with Crippen molar-refractivity contribution in [2.24, 2.45) is 7.05 Å². The van der Waals surface area contributed by atoms with Gasteiger partial charge in [0.15, 0.2) is 0 Å². The number of rotatable bonds is 5. The summed E-state index contributed by atoms with van der Waals surface area (Å²) in [5.74, 6) is -0.0392. The SMILES string of the molecule is Cc1cc(Cc2ccc(NC(=O)N(C)C)cn2)n(C)c1C(=O)c1ccc(Cl)cc1.